The Bertz CT molecular complexity index is 761. The first kappa shape index (κ1) is 16.0. The number of carbonyl (C=O) groups excluding carboxylic acids is 3. The van der Waals surface area contributed by atoms with Crippen molar-refractivity contribution >= 4 is 23.5 Å². The zero-order chi connectivity index (χ0) is 17.4. The number of urea groups is 1. The summed E-state index contributed by atoms with van der Waals surface area (Å²) in [4.78, 5) is 35.9. The lowest BCUT2D eigenvalue weighted by molar-refractivity contribution is -0.124. The number of amides is 4. The van der Waals surface area contributed by atoms with Gasteiger partial charge in [-0.3, -0.25) is 14.9 Å². The van der Waals surface area contributed by atoms with Gasteiger partial charge in [-0.05, 0) is 37.5 Å². The molecule has 7 heteroatoms. The summed E-state index contributed by atoms with van der Waals surface area (Å²) < 4.78 is 0. The van der Waals surface area contributed by atoms with Gasteiger partial charge in [0.05, 0.1) is 6.07 Å². The summed E-state index contributed by atoms with van der Waals surface area (Å²) >= 11 is 0. The minimum absolute atomic E-state index is 0.315. The summed E-state index contributed by atoms with van der Waals surface area (Å²) in [6.45, 7) is 1.60. The Kier molecular flexibility index (Phi) is 3.76. The molecular formula is C17H18N4O3. The molecule has 1 aromatic carbocycles. The second kappa shape index (κ2) is 5.64. The first-order valence-corrected chi connectivity index (χ1v) is 7.86. The molecule has 124 valence electrons. The van der Waals surface area contributed by atoms with Gasteiger partial charge in [0.25, 0.3) is 5.91 Å². The van der Waals surface area contributed by atoms with Gasteiger partial charge in [0.2, 0.25) is 5.91 Å². The van der Waals surface area contributed by atoms with Crippen molar-refractivity contribution in [3.63, 3.8) is 0 Å². The molecule has 4 amide bonds. The number of nitriles is 1. The molecule has 2 fully saturated rings. The zero-order valence-electron chi connectivity index (χ0n) is 13.3. The number of nitrogens with zero attached hydrogens (tertiary/aromatic N) is 1. The van der Waals surface area contributed by atoms with Gasteiger partial charge in [0.1, 0.15) is 11.0 Å². The maximum atomic E-state index is 12.5. The molecule has 1 atom stereocenters. The molecule has 3 N–H and O–H groups in total. The molecule has 24 heavy (non-hydrogen) atoms. The molecule has 0 aromatic heterocycles. The predicted molar refractivity (Wildman–Crippen MR) is 85.6 cm³/mol. The number of imide groups is 1. The third kappa shape index (κ3) is 2.50. The molecule has 7 nitrogen and oxygen atoms in total. The minimum atomic E-state index is -1.18. The largest absolute Gasteiger partial charge is 0.325 e. The number of nitrogens with one attached hydrogen (secondary N) is 3. The van der Waals surface area contributed by atoms with E-state index in [0.29, 0.717) is 24.1 Å². The summed E-state index contributed by atoms with van der Waals surface area (Å²) in [5, 5.41) is 17.0. The molecule has 0 bridgehead atoms. The molecule has 0 radical (unpaired) electrons. The molecule has 1 heterocycles. The highest BCUT2D eigenvalue weighted by Gasteiger charge is 2.44. The van der Waals surface area contributed by atoms with Crippen molar-refractivity contribution in [2.24, 2.45) is 5.41 Å². The van der Waals surface area contributed by atoms with E-state index in [-0.39, 0.29) is 5.91 Å². The second-order valence-corrected chi connectivity index (χ2v) is 6.47. The van der Waals surface area contributed by atoms with E-state index in [2.05, 4.69) is 22.0 Å². The summed E-state index contributed by atoms with van der Waals surface area (Å²) in [6.07, 6.45) is 2.85. The maximum Gasteiger partial charge on any atom is 0.322 e. The van der Waals surface area contributed by atoms with Gasteiger partial charge >= 0.3 is 6.03 Å². The molecule has 0 spiro atoms. The molecule has 1 unspecified atom stereocenters. The highest BCUT2D eigenvalue weighted by molar-refractivity contribution is 6.07. The number of rotatable bonds is 3. The van der Waals surface area contributed by atoms with E-state index in [0.717, 1.165) is 12.8 Å². The molecule has 2 aliphatic rings. The van der Waals surface area contributed by atoms with Crippen molar-refractivity contribution in [3.8, 4) is 6.07 Å². The highest BCUT2D eigenvalue weighted by atomic mass is 16.2. The number of anilines is 1. The van der Waals surface area contributed by atoms with E-state index in [1.807, 2.05) is 0 Å². The first-order chi connectivity index (χ1) is 11.4. The number of benzene rings is 1. The lowest BCUT2D eigenvalue weighted by Crippen LogP contribution is -2.40. The fraction of sp³-hybridized carbons (Fsp3) is 0.412. The summed E-state index contributed by atoms with van der Waals surface area (Å²) in [5.41, 5.74) is -1.10. The minimum Gasteiger partial charge on any atom is -0.325 e. The van der Waals surface area contributed by atoms with Crippen LogP contribution in [0, 0.1) is 16.7 Å². The summed E-state index contributed by atoms with van der Waals surface area (Å²) in [7, 11) is 0. The number of carbonyl (C=O) groups is 3. The topological polar surface area (TPSA) is 111 Å². The third-order valence-electron chi connectivity index (χ3n) is 4.85. The standard InChI is InChI=1S/C17H18N4O3/c1-16(13(22)20-15(24)21-16)11-5-4-6-12(9-11)19-14(23)17(10-18)7-2-3-8-17/h4-6,9H,2-3,7-8H2,1H3,(H,19,23)(H2,20,21,22,24). The molecule has 1 saturated carbocycles. The van der Waals surface area contributed by atoms with Crippen molar-refractivity contribution in [1.29, 1.82) is 5.26 Å². The Morgan fingerprint density at radius 2 is 2.00 bits per heavy atom. The van der Waals surface area contributed by atoms with Gasteiger partial charge in [-0.15, -0.1) is 0 Å². The van der Waals surface area contributed by atoms with Gasteiger partial charge in [0, 0.05) is 5.69 Å². The summed E-state index contributed by atoms with van der Waals surface area (Å²) in [6, 6.07) is 8.34. The zero-order valence-corrected chi connectivity index (χ0v) is 13.3. The lowest BCUT2D eigenvalue weighted by Gasteiger charge is -2.23. The third-order valence-corrected chi connectivity index (χ3v) is 4.85. The fourth-order valence-electron chi connectivity index (χ4n) is 3.27. The van der Waals surface area contributed by atoms with E-state index in [4.69, 9.17) is 0 Å². The van der Waals surface area contributed by atoms with Crippen molar-refractivity contribution < 1.29 is 14.4 Å². The van der Waals surface area contributed by atoms with Crippen LogP contribution in [0.4, 0.5) is 10.5 Å². The molecular weight excluding hydrogens is 308 g/mol. The Balaban J connectivity index is 1.84. The van der Waals surface area contributed by atoms with Crippen molar-refractivity contribution in [2.75, 3.05) is 5.32 Å². The van der Waals surface area contributed by atoms with Crippen LogP contribution in [0.25, 0.3) is 0 Å². The van der Waals surface area contributed by atoms with Gasteiger partial charge in [0.15, 0.2) is 0 Å². The number of hydrogen-bond donors (Lipinski definition) is 3. The van der Waals surface area contributed by atoms with Crippen LogP contribution < -0.4 is 16.0 Å². The molecule has 3 rings (SSSR count). The predicted octanol–water partition coefficient (Wildman–Crippen LogP) is 1.76. The van der Waals surface area contributed by atoms with E-state index < -0.39 is 22.9 Å². The van der Waals surface area contributed by atoms with Crippen LogP contribution in [0.15, 0.2) is 24.3 Å². The van der Waals surface area contributed by atoms with Crippen LogP contribution in [0.5, 0.6) is 0 Å². The fourth-order valence-corrected chi connectivity index (χ4v) is 3.27. The molecule has 1 aliphatic heterocycles. The van der Waals surface area contributed by atoms with E-state index in [9.17, 15) is 19.6 Å². The molecule has 1 saturated heterocycles. The van der Waals surface area contributed by atoms with Crippen LogP contribution in [-0.4, -0.2) is 17.8 Å². The monoisotopic (exact) mass is 326 g/mol. The normalized spacial score (nSPS) is 24.8. The highest BCUT2D eigenvalue weighted by Crippen LogP contribution is 2.38. The van der Waals surface area contributed by atoms with Crippen molar-refractivity contribution in [1.82, 2.24) is 10.6 Å². The van der Waals surface area contributed by atoms with Gasteiger partial charge in [-0.25, -0.2) is 4.79 Å². The van der Waals surface area contributed by atoms with Gasteiger partial charge in [-0.2, -0.15) is 5.26 Å². The SMILES string of the molecule is CC1(c2cccc(NC(=O)C3(C#N)CCCC3)c2)NC(=O)NC1=O. The van der Waals surface area contributed by atoms with Crippen molar-refractivity contribution in [2.45, 2.75) is 38.1 Å². The number of hydrogen-bond acceptors (Lipinski definition) is 4. The average molecular weight is 326 g/mol. The van der Waals surface area contributed by atoms with Crippen LogP contribution in [-0.2, 0) is 15.1 Å². The average Bonchev–Trinajstić information content (AvgIpc) is 3.14. The Hall–Kier alpha value is -2.88. The first-order valence-electron chi connectivity index (χ1n) is 7.86. The second-order valence-electron chi connectivity index (χ2n) is 6.47. The smallest absolute Gasteiger partial charge is 0.322 e. The van der Waals surface area contributed by atoms with E-state index in [1.165, 1.54) is 0 Å². The van der Waals surface area contributed by atoms with Gasteiger partial charge in [-0.1, -0.05) is 25.0 Å². The van der Waals surface area contributed by atoms with Crippen LogP contribution in [0.2, 0.25) is 0 Å². The Morgan fingerprint density at radius 1 is 1.29 bits per heavy atom. The summed E-state index contributed by atoms with van der Waals surface area (Å²) in [5.74, 6) is -0.759. The maximum absolute atomic E-state index is 12.5. The Morgan fingerprint density at radius 3 is 2.58 bits per heavy atom. The van der Waals surface area contributed by atoms with Crippen LogP contribution >= 0.6 is 0 Å². The van der Waals surface area contributed by atoms with E-state index in [1.54, 1.807) is 31.2 Å². The van der Waals surface area contributed by atoms with Crippen LogP contribution in [0.3, 0.4) is 0 Å². The van der Waals surface area contributed by atoms with Crippen LogP contribution in [0.1, 0.15) is 38.2 Å². The lowest BCUT2D eigenvalue weighted by atomic mass is 9.86. The van der Waals surface area contributed by atoms with E-state index >= 15 is 0 Å². The Labute approximate surface area is 139 Å². The van der Waals surface area contributed by atoms with Crippen molar-refractivity contribution in [3.05, 3.63) is 29.8 Å². The quantitative estimate of drug-likeness (QED) is 0.735. The van der Waals surface area contributed by atoms with Gasteiger partial charge < -0.3 is 10.6 Å². The molecule has 1 aliphatic carbocycles. The molecule has 1 aromatic rings.